The van der Waals surface area contributed by atoms with Gasteiger partial charge in [-0.25, -0.2) is 0 Å². The summed E-state index contributed by atoms with van der Waals surface area (Å²) in [6, 6.07) is 0.916. The van der Waals surface area contributed by atoms with Gasteiger partial charge in [0.2, 0.25) is 0 Å². The average Bonchev–Trinajstić information content (AvgIpc) is 2.41. The molecule has 0 bridgehead atoms. The summed E-state index contributed by atoms with van der Waals surface area (Å²) < 4.78 is 0. The molecule has 0 aromatic rings. The van der Waals surface area contributed by atoms with Crippen LogP contribution in [-0.4, -0.2) is 37.1 Å². The molecule has 0 aromatic heterocycles. The second-order valence-corrected chi connectivity index (χ2v) is 5.96. The minimum atomic E-state index is 0.916. The van der Waals surface area contributed by atoms with E-state index in [0.29, 0.717) is 0 Å². The minimum Gasteiger partial charge on any atom is -0.314 e. The van der Waals surface area contributed by atoms with E-state index in [1.54, 1.807) is 0 Å². The summed E-state index contributed by atoms with van der Waals surface area (Å²) in [5.41, 5.74) is 0. The van der Waals surface area contributed by atoms with E-state index in [-0.39, 0.29) is 0 Å². The highest BCUT2D eigenvalue weighted by Gasteiger charge is 2.26. The van der Waals surface area contributed by atoms with Crippen LogP contribution in [0.25, 0.3) is 0 Å². The number of nitrogens with zero attached hydrogens (tertiary/aromatic N) is 1. The zero-order chi connectivity index (χ0) is 11.9. The van der Waals surface area contributed by atoms with Crippen molar-refractivity contribution >= 4 is 0 Å². The van der Waals surface area contributed by atoms with Crippen molar-refractivity contribution in [3.8, 4) is 0 Å². The average molecular weight is 238 g/mol. The summed E-state index contributed by atoms with van der Waals surface area (Å²) in [5, 5.41) is 3.46. The van der Waals surface area contributed by atoms with E-state index in [0.717, 1.165) is 12.0 Å². The number of piperazine rings is 1. The van der Waals surface area contributed by atoms with Crippen LogP contribution in [0.1, 0.15) is 58.3 Å². The van der Waals surface area contributed by atoms with Crippen LogP contribution in [0.3, 0.4) is 0 Å². The van der Waals surface area contributed by atoms with Crippen molar-refractivity contribution in [3.05, 3.63) is 0 Å². The van der Waals surface area contributed by atoms with E-state index in [9.17, 15) is 0 Å². The van der Waals surface area contributed by atoms with Crippen molar-refractivity contribution < 1.29 is 0 Å². The standard InChI is InChI=1S/C15H30N2/c1-2-3-4-5-14-6-8-15(9-7-14)17-12-10-16-11-13-17/h14-16H,2-13H2,1H3. The summed E-state index contributed by atoms with van der Waals surface area (Å²) >= 11 is 0. The van der Waals surface area contributed by atoms with Crippen LogP contribution in [0.4, 0.5) is 0 Å². The summed E-state index contributed by atoms with van der Waals surface area (Å²) in [5.74, 6) is 1.06. The van der Waals surface area contributed by atoms with E-state index >= 15 is 0 Å². The van der Waals surface area contributed by atoms with E-state index in [1.807, 2.05) is 0 Å². The molecule has 100 valence electrons. The smallest absolute Gasteiger partial charge is 0.0110 e. The number of rotatable bonds is 5. The third-order valence-electron chi connectivity index (χ3n) is 4.70. The predicted octanol–water partition coefficient (Wildman–Crippen LogP) is 3.03. The Hall–Kier alpha value is -0.0800. The van der Waals surface area contributed by atoms with Crippen LogP contribution in [0.5, 0.6) is 0 Å². The normalized spacial score (nSPS) is 31.6. The molecular weight excluding hydrogens is 208 g/mol. The number of hydrogen-bond acceptors (Lipinski definition) is 2. The van der Waals surface area contributed by atoms with Gasteiger partial charge in [-0.2, -0.15) is 0 Å². The van der Waals surface area contributed by atoms with E-state index in [4.69, 9.17) is 0 Å². The number of hydrogen-bond donors (Lipinski definition) is 1. The minimum absolute atomic E-state index is 0.916. The molecule has 0 amide bonds. The Balaban J connectivity index is 1.63. The highest BCUT2D eigenvalue weighted by atomic mass is 15.2. The SMILES string of the molecule is CCCCCC1CCC(N2CCNCC2)CC1. The molecule has 0 spiro atoms. The van der Waals surface area contributed by atoms with Crippen molar-refractivity contribution in [2.45, 2.75) is 64.3 Å². The van der Waals surface area contributed by atoms with Gasteiger partial charge in [-0.05, 0) is 31.6 Å². The first-order chi connectivity index (χ1) is 8.40. The van der Waals surface area contributed by atoms with Gasteiger partial charge in [-0.3, -0.25) is 4.90 Å². The van der Waals surface area contributed by atoms with E-state index < -0.39 is 0 Å². The second kappa shape index (κ2) is 7.38. The molecule has 1 saturated heterocycles. The topological polar surface area (TPSA) is 15.3 Å². The second-order valence-electron chi connectivity index (χ2n) is 5.96. The maximum Gasteiger partial charge on any atom is 0.0110 e. The maximum absolute atomic E-state index is 3.46. The van der Waals surface area contributed by atoms with Crippen molar-refractivity contribution in [1.82, 2.24) is 10.2 Å². The van der Waals surface area contributed by atoms with Gasteiger partial charge in [0.25, 0.3) is 0 Å². The molecule has 2 nitrogen and oxygen atoms in total. The van der Waals surface area contributed by atoms with Gasteiger partial charge in [0.05, 0.1) is 0 Å². The molecule has 1 saturated carbocycles. The summed E-state index contributed by atoms with van der Waals surface area (Å²) in [7, 11) is 0. The molecule has 2 fully saturated rings. The molecule has 0 radical (unpaired) electrons. The van der Waals surface area contributed by atoms with Crippen molar-refractivity contribution in [3.63, 3.8) is 0 Å². The molecule has 2 heteroatoms. The molecule has 1 aliphatic carbocycles. The van der Waals surface area contributed by atoms with E-state index in [1.165, 1.54) is 77.5 Å². The first-order valence-corrected chi connectivity index (χ1v) is 7.85. The maximum atomic E-state index is 3.46. The largest absolute Gasteiger partial charge is 0.314 e. The van der Waals surface area contributed by atoms with Gasteiger partial charge in [-0.1, -0.05) is 32.6 Å². The first kappa shape index (κ1) is 13.4. The molecular formula is C15H30N2. The first-order valence-electron chi connectivity index (χ1n) is 7.85. The fourth-order valence-electron chi connectivity index (χ4n) is 3.53. The predicted molar refractivity (Wildman–Crippen MR) is 74.3 cm³/mol. The summed E-state index contributed by atoms with van der Waals surface area (Å²) in [6.07, 6.45) is 11.7. The highest BCUT2D eigenvalue weighted by Crippen LogP contribution is 2.31. The van der Waals surface area contributed by atoms with Crippen LogP contribution in [0.15, 0.2) is 0 Å². The van der Waals surface area contributed by atoms with Crippen LogP contribution < -0.4 is 5.32 Å². The molecule has 0 aromatic carbocycles. The van der Waals surface area contributed by atoms with Crippen LogP contribution >= 0.6 is 0 Å². The van der Waals surface area contributed by atoms with Gasteiger partial charge in [0.15, 0.2) is 0 Å². The fourth-order valence-corrected chi connectivity index (χ4v) is 3.53. The van der Waals surface area contributed by atoms with Crippen molar-refractivity contribution in [1.29, 1.82) is 0 Å². The lowest BCUT2D eigenvalue weighted by Crippen LogP contribution is -2.49. The lowest BCUT2D eigenvalue weighted by Gasteiger charge is -2.39. The molecule has 2 aliphatic rings. The molecule has 1 N–H and O–H groups in total. The van der Waals surface area contributed by atoms with Crippen molar-refractivity contribution in [2.24, 2.45) is 5.92 Å². The molecule has 2 rings (SSSR count). The van der Waals surface area contributed by atoms with Gasteiger partial charge < -0.3 is 5.32 Å². The van der Waals surface area contributed by atoms with Crippen LogP contribution in [0, 0.1) is 5.92 Å². The fraction of sp³-hybridized carbons (Fsp3) is 1.00. The van der Waals surface area contributed by atoms with Crippen LogP contribution in [0.2, 0.25) is 0 Å². The Kier molecular flexibility index (Phi) is 5.79. The lowest BCUT2D eigenvalue weighted by molar-refractivity contribution is 0.119. The molecule has 17 heavy (non-hydrogen) atoms. The summed E-state index contributed by atoms with van der Waals surface area (Å²) in [6.45, 7) is 7.28. The van der Waals surface area contributed by atoms with Gasteiger partial charge in [-0.15, -0.1) is 0 Å². The third kappa shape index (κ3) is 4.26. The zero-order valence-corrected chi connectivity index (χ0v) is 11.6. The summed E-state index contributed by atoms with van der Waals surface area (Å²) in [4.78, 5) is 2.73. The Labute approximate surface area is 107 Å². The molecule has 1 aliphatic heterocycles. The van der Waals surface area contributed by atoms with Gasteiger partial charge in [0, 0.05) is 32.2 Å². The van der Waals surface area contributed by atoms with Gasteiger partial charge >= 0.3 is 0 Å². The lowest BCUT2D eigenvalue weighted by atomic mass is 9.82. The monoisotopic (exact) mass is 238 g/mol. The van der Waals surface area contributed by atoms with Crippen LogP contribution in [-0.2, 0) is 0 Å². The Bertz CT molecular complexity index is 191. The van der Waals surface area contributed by atoms with E-state index in [2.05, 4.69) is 17.1 Å². The Morgan fingerprint density at radius 3 is 2.35 bits per heavy atom. The van der Waals surface area contributed by atoms with Crippen molar-refractivity contribution in [2.75, 3.05) is 26.2 Å². The quantitative estimate of drug-likeness (QED) is 0.741. The number of unbranched alkanes of at least 4 members (excludes halogenated alkanes) is 2. The Morgan fingerprint density at radius 1 is 1.00 bits per heavy atom. The highest BCUT2D eigenvalue weighted by molar-refractivity contribution is 4.82. The Morgan fingerprint density at radius 2 is 1.71 bits per heavy atom. The zero-order valence-electron chi connectivity index (χ0n) is 11.6. The molecule has 0 atom stereocenters. The number of nitrogens with one attached hydrogen (secondary N) is 1. The molecule has 0 unspecified atom stereocenters. The third-order valence-corrected chi connectivity index (χ3v) is 4.70. The molecule has 1 heterocycles. The van der Waals surface area contributed by atoms with Gasteiger partial charge in [0.1, 0.15) is 0 Å².